The Hall–Kier alpha value is -1.10. The van der Waals surface area contributed by atoms with E-state index < -0.39 is 29.4 Å². The van der Waals surface area contributed by atoms with Crippen LogP contribution in [0.1, 0.15) is 11.5 Å². The van der Waals surface area contributed by atoms with Gasteiger partial charge < -0.3 is 5.73 Å². The van der Waals surface area contributed by atoms with Gasteiger partial charge in [-0.2, -0.15) is 0 Å². The highest BCUT2D eigenvalue weighted by atomic mass is 19.3. The highest BCUT2D eigenvalue weighted by molar-refractivity contribution is 5.33. The molecular formula is C10H9F4N. The first-order valence-corrected chi connectivity index (χ1v) is 4.51. The maximum atomic E-state index is 13.1. The quantitative estimate of drug-likeness (QED) is 0.758. The molecule has 2 atom stereocenters. The lowest BCUT2D eigenvalue weighted by atomic mass is 10.1. The lowest BCUT2D eigenvalue weighted by Crippen LogP contribution is -2.06. The van der Waals surface area contributed by atoms with Crippen molar-refractivity contribution in [3.8, 4) is 0 Å². The number of halogens is 4. The van der Waals surface area contributed by atoms with Crippen LogP contribution >= 0.6 is 0 Å². The highest BCUT2D eigenvalue weighted by Crippen LogP contribution is 2.60. The summed E-state index contributed by atoms with van der Waals surface area (Å²) in [5.41, 5.74) is 5.26. The Bertz CT molecular complexity index is 391. The van der Waals surface area contributed by atoms with Crippen LogP contribution in [0.3, 0.4) is 0 Å². The van der Waals surface area contributed by atoms with E-state index in [4.69, 9.17) is 5.73 Å². The van der Waals surface area contributed by atoms with Crippen molar-refractivity contribution in [2.24, 2.45) is 11.7 Å². The summed E-state index contributed by atoms with van der Waals surface area (Å²) in [6.07, 6.45) is 0. The van der Waals surface area contributed by atoms with Crippen molar-refractivity contribution in [1.29, 1.82) is 0 Å². The molecule has 0 aliphatic heterocycles. The van der Waals surface area contributed by atoms with E-state index in [2.05, 4.69) is 0 Å². The first-order valence-electron chi connectivity index (χ1n) is 4.51. The fourth-order valence-corrected chi connectivity index (χ4v) is 1.84. The molecule has 1 aliphatic rings. The lowest BCUT2D eigenvalue weighted by Gasteiger charge is -1.99. The van der Waals surface area contributed by atoms with Crippen LogP contribution < -0.4 is 5.73 Å². The van der Waals surface area contributed by atoms with E-state index >= 15 is 0 Å². The molecule has 0 radical (unpaired) electrons. The van der Waals surface area contributed by atoms with Gasteiger partial charge in [0, 0.05) is 12.5 Å². The summed E-state index contributed by atoms with van der Waals surface area (Å²) in [7, 11) is 0. The van der Waals surface area contributed by atoms with Gasteiger partial charge in [0.15, 0.2) is 11.6 Å². The zero-order valence-electron chi connectivity index (χ0n) is 7.68. The van der Waals surface area contributed by atoms with Crippen molar-refractivity contribution in [2.75, 3.05) is 6.54 Å². The molecule has 2 N–H and O–H groups in total. The minimum atomic E-state index is -2.89. The van der Waals surface area contributed by atoms with Gasteiger partial charge in [0.1, 0.15) is 0 Å². The zero-order valence-corrected chi connectivity index (χ0v) is 7.68. The molecule has 0 saturated heterocycles. The molecule has 1 saturated carbocycles. The van der Waals surface area contributed by atoms with Gasteiger partial charge in [-0.1, -0.05) is 6.07 Å². The second-order valence-corrected chi connectivity index (χ2v) is 3.67. The molecular weight excluding hydrogens is 210 g/mol. The number of nitrogens with two attached hydrogens (primary N) is 1. The van der Waals surface area contributed by atoms with Gasteiger partial charge in [-0.05, 0) is 17.7 Å². The minimum absolute atomic E-state index is 0.106. The molecule has 1 fully saturated rings. The van der Waals surface area contributed by atoms with Crippen molar-refractivity contribution in [1.82, 2.24) is 0 Å². The highest BCUT2D eigenvalue weighted by Gasteiger charge is 2.67. The van der Waals surface area contributed by atoms with Crippen LogP contribution in [0, 0.1) is 17.6 Å². The van der Waals surface area contributed by atoms with E-state index in [0.29, 0.717) is 0 Å². The summed E-state index contributed by atoms with van der Waals surface area (Å²) >= 11 is 0. The molecule has 82 valence electrons. The van der Waals surface area contributed by atoms with Crippen LogP contribution in [0.15, 0.2) is 18.2 Å². The van der Waals surface area contributed by atoms with Gasteiger partial charge >= 0.3 is 0 Å². The van der Waals surface area contributed by atoms with Crippen LogP contribution in [-0.2, 0) is 0 Å². The maximum Gasteiger partial charge on any atom is 0.260 e. The van der Waals surface area contributed by atoms with Gasteiger partial charge in [-0.15, -0.1) is 0 Å². The standard InChI is InChI=1S/C10H9F4N/c11-7-2-1-5(3-8(7)12)9-6(4-15)10(9,13)14/h1-3,6,9H,4,15H2/t6-,9-/m0/s1. The summed E-state index contributed by atoms with van der Waals surface area (Å²) < 4.78 is 51.5. The van der Waals surface area contributed by atoms with Crippen molar-refractivity contribution in [3.63, 3.8) is 0 Å². The molecule has 0 unspecified atom stereocenters. The van der Waals surface area contributed by atoms with Crippen LogP contribution in [0.5, 0.6) is 0 Å². The molecule has 5 heteroatoms. The van der Waals surface area contributed by atoms with Gasteiger partial charge in [-0.25, -0.2) is 17.6 Å². The monoisotopic (exact) mass is 219 g/mol. The van der Waals surface area contributed by atoms with E-state index in [1.54, 1.807) is 0 Å². The third-order valence-electron chi connectivity index (χ3n) is 2.76. The first kappa shape index (κ1) is 10.4. The van der Waals surface area contributed by atoms with E-state index in [0.717, 1.165) is 12.1 Å². The van der Waals surface area contributed by atoms with Gasteiger partial charge in [0.05, 0.1) is 5.92 Å². The predicted molar refractivity (Wildman–Crippen MR) is 46.6 cm³/mol. The minimum Gasteiger partial charge on any atom is -0.330 e. The Morgan fingerprint density at radius 3 is 2.33 bits per heavy atom. The van der Waals surface area contributed by atoms with E-state index in [-0.39, 0.29) is 12.1 Å². The molecule has 15 heavy (non-hydrogen) atoms. The molecule has 0 amide bonds. The number of hydrogen-bond acceptors (Lipinski definition) is 1. The summed E-state index contributed by atoms with van der Waals surface area (Å²) in [6, 6.07) is 2.84. The summed E-state index contributed by atoms with van der Waals surface area (Å²) in [4.78, 5) is 0. The number of rotatable bonds is 2. The fraction of sp³-hybridized carbons (Fsp3) is 0.400. The Kier molecular flexibility index (Phi) is 2.22. The van der Waals surface area contributed by atoms with E-state index in [1.165, 1.54) is 6.07 Å². The normalized spacial score (nSPS) is 27.8. The number of benzene rings is 1. The van der Waals surface area contributed by atoms with Gasteiger partial charge in [0.25, 0.3) is 5.92 Å². The molecule has 0 spiro atoms. The smallest absolute Gasteiger partial charge is 0.260 e. The molecule has 0 bridgehead atoms. The van der Waals surface area contributed by atoms with Crippen molar-refractivity contribution >= 4 is 0 Å². The Labute approximate surface area is 83.9 Å². The summed E-state index contributed by atoms with van der Waals surface area (Å²) in [5, 5.41) is 0. The predicted octanol–water partition coefficient (Wildman–Crippen LogP) is 2.27. The first-order chi connectivity index (χ1) is 6.98. The average Bonchev–Trinajstić information content (AvgIpc) is 2.73. The largest absolute Gasteiger partial charge is 0.330 e. The molecule has 1 nitrogen and oxygen atoms in total. The molecule has 1 aliphatic carbocycles. The number of alkyl halides is 2. The number of hydrogen-bond donors (Lipinski definition) is 1. The second kappa shape index (κ2) is 3.20. The topological polar surface area (TPSA) is 26.0 Å². The van der Waals surface area contributed by atoms with Gasteiger partial charge in [-0.3, -0.25) is 0 Å². The van der Waals surface area contributed by atoms with Crippen molar-refractivity contribution < 1.29 is 17.6 Å². The average molecular weight is 219 g/mol. The van der Waals surface area contributed by atoms with Crippen molar-refractivity contribution in [3.05, 3.63) is 35.4 Å². The molecule has 2 rings (SSSR count). The third-order valence-corrected chi connectivity index (χ3v) is 2.76. The molecule has 1 aromatic rings. The zero-order chi connectivity index (χ0) is 11.2. The fourth-order valence-electron chi connectivity index (χ4n) is 1.84. The second-order valence-electron chi connectivity index (χ2n) is 3.67. The van der Waals surface area contributed by atoms with E-state index in [1.807, 2.05) is 0 Å². The summed E-state index contributed by atoms with van der Waals surface area (Å²) in [6.45, 7) is -0.156. The van der Waals surface area contributed by atoms with Crippen molar-refractivity contribution in [2.45, 2.75) is 11.8 Å². The Balaban J connectivity index is 2.29. The molecule has 0 aromatic heterocycles. The Morgan fingerprint density at radius 1 is 1.20 bits per heavy atom. The van der Waals surface area contributed by atoms with Crippen LogP contribution in [-0.4, -0.2) is 12.5 Å². The van der Waals surface area contributed by atoms with Crippen LogP contribution in [0.4, 0.5) is 17.6 Å². The SMILES string of the molecule is NC[C@H]1[C@H](c2ccc(F)c(F)c2)C1(F)F. The van der Waals surface area contributed by atoms with Crippen LogP contribution in [0.25, 0.3) is 0 Å². The molecule has 0 heterocycles. The third kappa shape index (κ3) is 1.51. The van der Waals surface area contributed by atoms with E-state index in [9.17, 15) is 17.6 Å². The van der Waals surface area contributed by atoms with Gasteiger partial charge in [0.2, 0.25) is 0 Å². The Morgan fingerprint density at radius 2 is 1.87 bits per heavy atom. The maximum absolute atomic E-state index is 13.1. The van der Waals surface area contributed by atoms with Crippen LogP contribution in [0.2, 0.25) is 0 Å². The molecule has 1 aromatic carbocycles. The summed E-state index contributed by atoms with van der Waals surface area (Å²) in [5.74, 6) is -7.06. The lowest BCUT2D eigenvalue weighted by molar-refractivity contribution is 0.0947.